The molecule has 126 valence electrons. The normalized spacial score (nSPS) is 17.5. The molecule has 6 nitrogen and oxygen atoms in total. The van der Waals surface area contributed by atoms with Gasteiger partial charge in [0.05, 0.1) is 13.2 Å². The maximum atomic E-state index is 12.7. The number of carbonyl (C=O) groups is 2. The molecule has 0 saturated carbocycles. The highest BCUT2D eigenvalue weighted by molar-refractivity contribution is 7.09. The molecule has 1 amide bonds. The molecule has 24 heavy (non-hydrogen) atoms. The van der Waals surface area contributed by atoms with Gasteiger partial charge in [-0.25, -0.2) is 4.79 Å². The summed E-state index contributed by atoms with van der Waals surface area (Å²) in [6, 6.07) is 9.78. The van der Waals surface area contributed by atoms with Crippen molar-refractivity contribution in [1.82, 2.24) is 4.90 Å². The topological polar surface area (TPSA) is 76.1 Å². The van der Waals surface area contributed by atoms with E-state index in [4.69, 9.17) is 9.47 Å². The van der Waals surface area contributed by atoms with E-state index < -0.39 is 12.0 Å². The summed E-state index contributed by atoms with van der Waals surface area (Å²) >= 11 is 1.60. The Labute approximate surface area is 143 Å². The second-order valence-corrected chi connectivity index (χ2v) is 6.36. The number of hydrogen-bond donors (Lipinski definition) is 1. The molecule has 0 aliphatic carbocycles. The minimum atomic E-state index is -1.06. The SMILES string of the molecule is O=C(O)[C@H]1COCCN1C(=O)c1cccc(OCc2cccs2)c1. The predicted molar refractivity (Wildman–Crippen MR) is 88.4 cm³/mol. The molecule has 1 aromatic carbocycles. The summed E-state index contributed by atoms with van der Waals surface area (Å²) in [6.45, 7) is 1.04. The van der Waals surface area contributed by atoms with Gasteiger partial charge in [-0.3, -0.25) is 4.79 Å². The largest absolute Gasteiger partial charge is 0.488 e. The third-order valence-corrected chi connectivity index (χ3v) is 4.57. The minimum Gasteiger partial charge on any atom is -0.488 e. The molecule has 7 heteroatoms. The first-order chi connectivity index (χ1) is 11.6. The molecule has 1 aliphatic heterocycles. The molecule has 1 atom stereocenters. The lowest BCUT2D eigenvalue weighted by Gasteiger charge is -2.32. The first-order valence-corrected chi connectivity index (χ1v) is 8.40. The van der Waals surface area contributed by atoms with Gasteiger partial charge >= 0.3 is 5.97 Å². The first kappa shape index (κ1) is 16.5. The van der Waals surface area contributed by atoms with Crippen LogP contribution in [-0.2, 0) is 16.1 Å². The van der Waals surface area contributed by atoms with Crippen LogP contribution < -0.4 is 4.74 Å². The maximum absolute atomic E-state index is 12.7. The molecule has 0 bridgehead atoms. The van der Waals surface area contributed by atoms with Crippen LogP contribution >= 0.6 is 11.3 Å². The second-order valence-electron chi connectivity index (χ2n) is 5.32. The molecule has 2 aromatic rings. The smallest absolute Gasteiger partial charge is 0.328 e. The van der Waals surface area contributed by atoms with Crippen LogP contribution in [0.1, 0.15) is 15.2 Å². The van der Waals surface area contributed by atoms with Gasteiger partial charge in [-0.15, -0.1) is 11.3 Å². The number of nitrogens with zero attached hydrogens (tertiary/aromatic N) is 1. The van der Waals surface area contributed by atoms with Crippen LogP contribution in [0.5, 0.6) is 5.75 Å². The first-order valence-electron chi connectivity index (χ1n) is 7.52. The van der Waals surface area contributed by atoms with Gasteiger partial charge < -0.3 is 19.5 Å². The zero-order valence-electron chi connectivity index (χ0n) is 12.9. The van der Waals surface area contributed by atoms with E-state index >= 15 is 0 Å². The predicted octanol–water partition coefficient (Wildman–Crippen LogP) is 2.25. The van der Waals surface area contributed by atoms with E-state index in [1.54, 1.807) is 35.6 Å². The van der Waals surface area contributed by atoms with Crippen LogP contribution in [-0.4, -0.2) is 47.7 Å². The quantitative estimate of drug-likeness (QED) is 0.898. The highest BCUT2D eigenvalue weighted by Crippen LogP contribution is 2.20. The Morgan fingerprint density at radius 3 is 2.96 bits per heavy atom. The molecule has 1 saturated heterocycles. The average Bonchev–Trinajstić information content (AvgIpc) is 3.13. The number of morpholine rings is 1. The number of benzene rings is 1. The summed E-state index contributed by atoms with van der Waals surface area (Å²) in [6.07, 6.45) is 0. The van der Waals surface area contributed by atoms with Crippen LogP contribution in [0, 0.1) is 0 Å². The van der Waals surface area contributed by atoms with Crippen molar-refractivity contribution in [3.63, 3.8) is 0 Å². The van der Waals surface area contributed by atoms with E-state index in [0.717, 1.165) is 4.88 Å². The van der Waals surface area contributed by atoms with Crippen molar-refractivity contribution in [3.05, 3.63) is 52.2 Å². The summed E-state index contributed by atoms with van der Waals surface area (Å²) < 4.78 is 10.9. The van der Waals surface area contributed by atoms with Crippen LogP contribution in [0.3, 0.4) is 0 Å². The van der Waals surface area contributed by atoms with Gasteiger partial charge in [-0.2, -0.15) is 0 Å². The summed E-state index contributed by atoms with van der Waals surface area (Å²) in [5, 5.41) is 11.2. The highest BCUT2D eigenvalue weighted by atomic mass is 32.1. The van der Waals surface area contributed by atoms with E-state index in [-0.39, 0.29) is 19.1 Å². The minimum absolute atomic E-state index is 0.00957. The van der Waals surface area contributed by atoms with E-state index in [1.807, 2.05) is 17.5 Å². The third kappa shape index (κ3) is 3.74. The Hall–Kier alpha value is -2.38. The average molecular weight is 347 g/mol. The van der Waals surface area contributed by atoms with Crippen molar-refractivity contribution in [2.24, 2.45) is 0 Å². The summed E-state index contributed by atoms with van der Waals surface area (Å²) in [5.41, 5.74) is 0.409. The van der Waals surface area contributed by atoms with Gasteiger partial charge in [-0.1, -0.05) is 12.1 Å². The zero-order chi connectivity index (χ0) is 16.9. The van der Waals surface area contributed by atoms with Crippen LogP contribution in [0.25, 0.3) is 0 Å². The van der Waals surface area contributed by atoms with Crippen LogP contribution in [0.2, 0.25) is 0 Å². The van der Waals surface area contributed by atoms with E-state index in [2.05, 4.69) is 0 Å². The number of hydrogen-bond acceptors (Lipinski definition) is 5. The summed E-state index contributed by atoms with van der Waals surface area (Å²) in [5.74, 6) is -0.810. The van der Waals surface area contributed by atoms with Crippen LogP contribution in [0.4, 0.5) is 0 Å². The highest BCUT2D eigenvalue weighted by Gasteiger charge is 2.33. The number of carboxylic acid groups (broad SMARTS) is 1. The number of thiophene rings is 1. The lowest BCUT2D eigenvalue weighted by Crippen LogP contribution is -2.52. The monoisotopic (exact) mass is 347 g/mol. The summed E-state index contributed by atoms with van der Waals surface area (Å²) in [7, 11) is 0. The van der Waals surface area contributed by atoms with Crippen molar-refractivity contribution in [2.45, 2.75) is 12.6 Å². The zero-order valence-corrected chi connectivity index (χ0v) is 13.7. The number of aliphatic carboxylic acids is 1. The fraction of sp³-hybridized carbons (Fsp3) is 0.294. The van der Waals surface area contributed by atoms with Gasteiger partial charge in [0.2, 0.25) is 0 Å². The lowest BCUT2D eigenvalue weighted by molar-refractivity contribution is -0.147. The Balaban J connectivity index is 1.72. The Morgan fingerprint density at radius 2 is 2.21 bits per heavy atom. The Bertz CT molecular complexity index is 716. The number of rotatable bonds is 5. The Morgan fingerprint density at radius 1 is 1.33 bits per heavy atom. The lowest BCUT2D eigenvalue weighted by atomic mass is 10.1. The maximum Gasteiger partial charge on any atom is 0.328 e. The summed E-state index contributed by atoms with van der Waals surface area (Å²) in [4.78, 5) is 26.4. The van der Waals surface area contributed by atoms with Crippen molar-refractivity contribution in [3.8, 4) is 5.75 Å². The van der Waals surface area contributed by atoms with Gasteiger partial charge in [0, 0.05) is 17.0 Å². The van der Waals surface area contributed by atoms with Crippen molar-refractivity contribution < 1.29 is 24.2 Å². The van der Waals surface area contributed by atoms with Crippen LogP contribution in [0.15, 0.2) is 41.8 Å². The van der Waals surface area contributed by atoms with Crippen molar-refractivity contribution >= 4 is 23.2 Å². The van der Waals surface area contributed by atoms with E-state index in [9.17, 15) is 14.7 Å². The molecule has 0 unspecified atom stereocenters. The van der Waals surface area contributed by atoms with E-state index in [0.29, 0.717) is 24.5 Å². The molecule has 0 radical (unpaired) electrons. The molecule has 1 aromatic heterocycles. The molecule has 1 N–H and O–H groups in total. The molecule has 0 spiro atoms. The fourth-order valence-electron chi connectivity index (χ4n) is 2.49. The number of ether oxygens (including phenoxy) is 2. The van der Waals surface area contributed by atoms with E-state index in [1.165, 1.54) is 4.90 Å². The molecule has 1 aliphatic rings. The van der Waals surface area contributed by atoms with Gasteiger partial charge in [0.1, 0.15) is 12.4 Å². The second kappa shape index (κ2) is 7.46. The fourth-order valence-corrected chi connectivity index (χ4v) is 3.10. The number of carbonyl (C=O) groups excluding carboxylic acids is 1. The number of carboxylic acids is 1. The number of amides is 1. The molecule has 2 heterocycles. The van der Waals surface area contributed by atoms with Gasteiger partial charge in [0.15, 0.2) is 6.04 Å². The van der Waals surface area contributed by atoms with Crippen molar-refractivity contribution in [1.29, 1.82) is 0 Å². The van der Waals surface area contributed by atoms with Gasteiger partial charge in [-0.05, 0) is 29.6 Å². The molecule has 1 fully saturated rings. The van der Waals surface area contributed by atoms with Gasteiger partial charge in [0.25, 0.3) is 5.91 Å². The molecular weight excluding hydrogens is 330 g/mol. The third-order valence-electron chi connectivity index (χ3n) is 3.72. The molecular formula is C17H17NO5S. The standard InChI is InChI=1S/C17H17NO5S/c19-16(18-6-7-22-11-15(18)17(20)21)12-3-1-4-13(9-12)23-10-14-5-2-8-24-14/h1-5,8-9,15H,6-7,10-11H2,(H,20,21)/t15-/m1/s1. The Kier molecular flexibility index (Phi) is 5.12. The van der Waals surface area contributed by atoms with Crippen molar-refractivity contribution in [2.75, 3.05) is 19.8 Å². The molecule has 3 rings (SSSR count).